The molecule has 0 radical (unpaired) electrons. The predicted molar refractivity (Wildman–Crippen MR) is 70.3 cm³/mol. The normalized spacial score (nSPS) is 22.2. The van der Waals surface area contributed by atoms with Gasteiger partial charge < -0.3 is 19.9 Å². The summed E-state index contributed by atoms with van der Waals surface area (Å²) in [6.45, 7) is 3.35. The molecule has 1 aromatic carbocycles. The van der Waals surface area contributed by atoms with Gasteiger partial charge in [0.15, 0.2) is 0 Å². The number of nitrogens with one attached hydrogen (secondary N) is 1. The van der Waals surface area contributed by atoms with Crippen LogP contribution in [0.3, 0.4) is 0 Å². The maximum absolute atomic E-state index is 12.1. The number of para-hydroxylation sites is 1. The summed E-state index contributed by atoms with van der Waals surface area (Å²) >= 11 is 0. The van der Waals surface area contributed by atoms with E-state index in [1.54, 1.807) is 18.2 Å². The van der Waals surface area contributed by atoms with Crippen LogP contribution in [0, 0.1) is 0 Å². The van der Waals surface area contributed by atoms with Gasteiger partial charge in [-0.15, -0.1) is 0 Å². The van der Waals surface area contributed by atoms with E-state index in [2.05, 4.69) is 5.32 Å². The number of carbonyl (C=O) groups is 1. The van der Waals surface area contributed by atoms with Crippen molar-refractivity contribution in [1.82, 2.24) is 5.32 Å². The monoisotopic (exact) mass is 265 g/mol. The Balaban J connectivity index is 1.99. The number of rotatable bonds is 5. The van der Waals surface area contributed by atoms with Crippen molar-refractivity contribution in [3.8, 4) is 5.75 Å². The Morgan fingerprint density at radius 2 is 2.32 bits per heavy atom. The molecule has 0 aromatic heterocycles. The Morgan fingerprint density at radius 3 is 3.00 bits per heavy atom. The third-order valence-corrected chi connectivity index (χ3v) is 3.09. The van der Waals surface area contributed by atoms with Crippen LogP contribution in [-0.4, -0.2) is 43.0 Å². The van der Waals surface area contributed by atoms with Crippen molar-refractivity contribution in [3.05, 3.63) is 29.8 Å². The summed E-state index contributed by atoms with van der Waals surface area (Å²) in [6, 6.07) is 7.06. The first-order valence-corrected chi connectivity index (χ1v) is 6.45. The maximum Gasteiger partial charge on any atom is 0.255 e. The van der Waals surface area contributed by atoms with Gasteiger partial charge in [-0.1, -0.05) is 12.1 Å². The number of amides is 1. The van der Waals surface area contributed by atoms with E-state index in [4.69, 9.17) is 9.47 Å². The molecule has 1 atom stereocenters. The van der Waals surface area contributed by atoms with E-state index in [9.17, 15) is 9.90 Å². The average molecular weight is 265 g/mol. The van der Waals surface area contributed by atoms with Crippen molar-refractivity contribution in [2.24, 2.45) is 0 Å². The minimum Gasteiger partial charge on any atom is -0.493 e. The highest BCUT2D eigenvalue weighted by Gasteiger charge is 2.32. The van der Waals surface area contributed by atoms with Gasteiger partial charge in [0, 0.05) is 19.6 Å². The number of hydrogen-bond acceptors (Lipinski definition) is 4. The zero-order chi connectivity index (χ0) is 13.7. The summed E-state index contributed by atoms with van der Waals surface area (Å²) in [7, 11) is 0. The fourth-order valence-electron chi connectivity index (χ4n) is 2.01. The van der Waals surface area contributed by atoms with Crippen LogP contribution in [0.15, 0.2) is 24.3 Å². The van der Waals surface area contributed by atoms with Gasteiger partial charge >= 0.3 is 0 Å². The standard InChI is InChI=1S/C14H19NO4/c1-2-19-12-6-4-3-5-11(12)13(16)15-9-14(17)7-8-18-10-14/h3-6,17H,2,7-10H2,1H3,(H,15,16)/t14-/m0/s1. The lowest BCUT2D eigenvalue weighted by Crippen LogP contribution is -2.43. The number of carbonyl (C=O) groups excluding carboxylic acids is 1. The molecular formula is C14H19NO4. The second-order valence-electron chi connectivity index (χ2n) is 4.64. The molecule has 2 N–H and O–H groups in total. The lowest BCUT2D eigenvalue weighted by Gasteiger charge is -2.21. The highest BCUT2D eigenvalue weighted by Crippen LogP contribution is 2.20. The largest absolute Gasteiger partial charge is 0.493 e. The molecule has 0 bridgehead atoms. The molecule has 1 heterocycles. The molecule has 1 fully saturated rings. The number of aliphatic hydroxyl groups is 1. The van der Waals surface area contributed by atoms with E-state index in [1.165, 1.54) is 0 Å². The summed E-state index contributed by atoms with van der Waals surface area (Å²) in [5.74, 6) is 0.307. The first kappa shape index (κ1) is 13.8. The van der Waals surface area contributed by atoms with Gasteiger partial charge in [-0.3, -0.25) is 4.79 Å². The molecule has 5 nitrogen and oxygen atoms in total. The molecule has 1 aliphatic heterocycles. The van der Waals surface area contributed by atoms with Gasteiger partial charge in [0.05, 0.1) is 18.8 Å². The minimum atomic E-state index is -0.948. The number of ether oxygens (including phenoxy) is 2. The summed E-state index contributed by atoms with van der Waals surface area (Å²) < 4.78 is 10.5. The Labute approximate surface area is 112 Å². The number of benzene rings is 1. The highest BCUT2D eigenvalue weighted by atomic mass is 16.5. The van der Waals surface area contributed by atoms with Crippen molar-refractivity contribution in [2.45, 2.75) is 18.9 Å². The molecule has 5 heteroatoms. The summed E-state index contributed by atoms with van der Waals surface area (Å²) in [6.07, 6.45) is 0.542. The molecule has 1 amide bonds. The third kappa shape index (κ3) is 3.45. The van der Waals surface area contributed by atoms with Crippen LogP contribution in [0.1, 0.15) is 23.7 Å². The van der Waals surface area contributed by atoms with Gasteiger partial charge in [-0.2, -0.15) is 0 Å². The van der Waals surface area contributed by atoms with Gasteiger partial charge in [0.1, 0.15) is 11.4 Å². The van der Waals surface area contributed by atoms with Gasteiger partial charge in [-0.25, -0.2) is 0 Å². The molecule has 104 valence electrons. The zero-order valence-electron chi connectivity index (χ0n) is 11.0. The Morgan fingerprint density at radius 1 is 1.53 bits per heavy atom. The second-order valence-corrected chi connectivity index (χ2v) is 4.64. The van der Waals surface area contributed by atoms with Gasteiger partial charge in [0.2, 0.25) is 0 Å². The molecule has 0 unspecified atom stereocenters. The molecule has 1 aliphatic rings. The zero-order valence-corrected chi connectivity index (χ0v) is 11.0. The molecule has 0 saturated carbocycles. The Kier molecular flexibility index (Phi) is 4.39. The molecule has 19 heavy (non-hydrogen) atoms. The fraction of sp³-hybridized carbons (Fsp3) is 0.500. The van der Waals surface area contributed by atoms with Crippen molar-refractivity contribution in [3.63, 3.8) is 0 Å². The lowest BCUT2D eigenvalue weighted by atomic mass is 10.0. The SMILES string of the molecule is CCOc1ccccc1C(=O)NC[C@@]1(O)CCOC1. The van der Waals surface area contributed by atoms with Crippen LogP contribution < -0.4 is 10.1 Å². The molecular weight excluding hydrogens is 246 g/mol. The van der Waals surface area contributed by atoms with E-state index in [1.807, 2.05) is 13.0 Å². The summed E-state index contributed by atoms with van der Waals surface area (Å²) in [4.78, 5) is 12.1. The Hall–Kier alpha value is -1.59. The summed E-state index contributed by atoms with van der Waals surface area (Å²) in [5.41, 5.74) is -0.470. The Bertz CT molecular complexity index is 441. The minimum absolute atomic E-state index is 0.187. The van der Waals surface area contributed by atoms with Gasteiger partial charge in [0.25, 0.3) is 5.91 Å². The quantitative estimate of drug-likeness (QED) is 0.832. The fourth-order valence-corrected chi connectivity index (χ4v) is 2.01. The van der Waals surface area contributed by atoms with E-state index in [-0.39, 0.29) is 19.1 Å². The van der Waals surface area contributed by atoms with Crippen LogP contribution >= 0.6 is 0 Å². The molecule has 1 aromatic rings. The van der Waals surface area contributed by atoms with Crippen LogP contribution in [-0.2, 0) is 4.74 Å². The van der Waals surface area contributed by atoms with E-state index >= 15 is 0 Å². The molecule has 1 saturated heterocycles. The topological polar surface area (TPSA) is 67.8 Å². The highest BCUT2D eigenvalue weighted by molar-refractivity contribution is 5.96. The van der Waals surface area contributed by atoms with Crippen LogP contribution in [0.25, 0.3) is 0 Å². The van der Waals surface area contributed by atoms with Crippen LogP contribution in [0.4, 0.5) is 0 Å². The second kappa shape index (κ2) is 6.04. The third-order valence-electron chi connectivity index (χ3n) is 3.09. The van der Waals surface area contributed by atoms with Crippen LogP contribution in [0.5, 0.6) is 5.75 Å². The molecule has 0 aliphatic carbocycles. The smallest absolute Gasteiger partial charge is 0.255 e. The van der Waals surface area contributed by atoms with Crippen molar-refractivity contribution < 1.29 is 19.4 Å². The van der Waals surface area contributed by atoms with E-state index in [0.717, 1.165) is 0 Å². The summed E-state index contributed by atoms with van der Waals surface area (Å²) in [5, 5.41) is 12.8. The van der Waals surface area contributed by atoms with Crippen molar-refractivity contribution >= 4 is 5.91 Å². The van der Waals surface area contributed by atoms with E-state index < -0.39 is 5.60 Å². The van der Waals surface area contributed by atoms with Crippen molar-refractivity contribution in [1.29, 1.82) is 0 Å². The average Bonchev–Trinajstić information content (AvgIpc) is 2.85. The van der Waals surface area contributed by atoms with Crippen LogP contribution in [0.2, 0.25) is 0 Å². The van der Waals surface area contributed by atoms with Crippen molar-refractivity contribution in [2.75, 3.05) is 26.4 Å². The molecule has 2 rings (SSSR count). The number of hydrogen-bond donors (Lipinski definition) is 2. The first-order valence-electron chi connectivity index (χ1n) is 6.45. The lowest BCUT2D eigenvalue weighted by molar-refractivity contribution is 0.0264. The predicted octanol–water partition coefficient (Wildman–Crippen LogP) is 0.967. The van der Waals surface area contributed by atoms with E-state index in [0.29, 0.717) is 30.9 Å². The molecule has 0 spiro atoms. The first-order chi connectivity index (χ1) is 9.14. The van der Waals surface area contributed by atoms with Gasteiger partial charge in [-0.05, 0) is 19.1 Å². The maximum atomic E-state index is 12.1.